The van der Waals surface area contributed by atoms with Gasteiger partial charge in [0.25, 0.3) is 0 Å². The zero-order chi connectivity index (χ0) is 22.8. The quantitative estimate of drug-likeness (QED) is 0.290. The normalized spacial score (nSPS) is 13.4. The van der Waals surface area contributed by atoms with Crippen LogP contribution in [0.25, 0.3) is 5.32 Å². The molecule has 0 N–H and O–H groups in total. The second kappa shape index (κ2) is 13.3. The molecule has 0 spiro atoms. The van der Waals surface area contributed by atoms with Gasteiger partial charge in [0.2, 0.25) is 0 Å². The topological polar surface area (TPSA) is 38.8 Å². The summed E-state index contributed by atoms with van der Waals surface area (Å²) < 4.78 is 0. The van der Waals surface area contributed by atoms with Gasteiger partial charge in [-0.15, -0.1) is 12.1 Å². The Bertz CT molecular complexity index is 777. The fraction of sp³-hybridized carbons (Fsp3) is 0.417. The van der Waals surface area contributed by atoms with Crippen molar-refractivity contribution in [2.24, 2.45) is 9.98 Å². The van der Waals surface area contributed by atoms with E-state index in [-0.39, 0.29) is 25.2 Å². The summed E-state index contributed by atoms with van der Waals surface area (Å²) in [6.07, 6.45) is 3.86. The van der Waals surface area contributed by atoms with Gasteiger partial charge in [0.15, 0.2) is 0 Å². The van der Waals surface area contributed by atoms with E-state index in [0.29, 0.717) is 0 Å². The molecule has 0 aliphatic heterocycles. The van der Waals surface area contributed by atoms with Crippen molar-refractivity contribution in [3.05, 3.63) is 63.0 Å². The molecule has 0 saturated carbocycles. The van der Waals surface area contributed by atoms with Gasteiger partial charge >= 0.3 is 33.3 Å². The summed E-state index contributed by atoms with van der Waals surface area (Å²) in [6.45, 7) is 16.8. The Morgan fingerprint density at radius 2 is 0.967 bits per heavy atom. The molecule has 2 unspecified atom stereocenters. The van der Waals surface area contributed by atoms with Crippen LogP contribution in [0.4, 0.5) is 11.4 Å². The van der Waals surface area contributed by atoms with E-state index >= 15 is 0 Å². The van der Waals surface area contributed by atoms with Crippen LogP contribution in [0, 0.1) is 41.5 Å². The monoisotopic (exact) mass is 488 g/mol. The maximum atomic E-state index is 4.76. The number of halogens is 2. The molecule has 0 fully saturated rings. The summed E-state index contributed by atoms with van der Waals surface area (Å²) in [5.41, 5.74) is 9.46. The van der Waals surface area contributed by atoms with Crippen LogP contribution < -0.4 is 0 Å². The first kappa shape index (κ1) is 26.9. The molecule has 0 heterocycles. The van der Waals surface area contributed by atoms with Crippen LogP contribution in [-0.4, -0.2) is 24.5 Å². The van der Waals surface area contributed by atoms with Crippen LogP contribution in [0.15, 0.2) is 34.3 Å². The van der Waals surface area contributed by atoms with Gasteiger partial charge in [-0.2, -0.15) is 0 Å². The fourth-order valence-corrected chi connectivity index (χ4v) is 3.56. The first-order chi connectivity index (χ1) is 14.1. The Morgan fingerprint density at radius 3 is 1.23 bits per heavy atom. The average Bonchev–Trinajstić information content (AvgIpc) is 2.60. The van der Waals surface area contributed by atoms with Crippen LogP contribution >= 0.6 is 20.2 Å². The van der Waals surface area contributed by atoms with Crippen molar-refractivity contribution < 1.29 is 13.1 Å². The van der Waals surface area contributed by atoms with Crippen LogP contribution in [0.1, 0.15) is 47.2 Å². The van der Waals surface area contributed by atoms with Gasteiger partial charge in [-0.25, -0.2) is 0 Å². The number of rotatable bonds is 6. The first-order valence-electron chi connectivity index (χ1n) is 9.88. The van der Waals surface area contributed by atoms with E-state index in [1.54, 1.807) is 0 Å². The summed E-state index contributed by atoms with van der Waals surface area (Å²) in [6, 6.07) is 8.75. The van der Waals surface area contributed by atoms with Gasteiger partial charge in [-0.3, -0.25) is 9.98 Å². The number of aliphatic imine (C=N–C) groups is 2. The number of hydrogen-bond acceptors (Lipinski definition) is 2. The Labute approximate surface area is 197 Å². The Morgan fingerprint density at radius 1 is 0.700 bits per heavy atom. The zero-order valence-corrected chi connectivity index (χ0v) is 21.7. The molecule has 0 aromatic heterocycles. The predicted molar refractivity (Wildman–Crippen MR) is 132 cm³/mol. The summed E-state index contributed by atoms with van der Waals surface area (Å²) >= 11 is 0.194. The van der Waals surface area contributed by atoms with Crippen LogP contribution in [0.3, 0.4) is 0 Å². The van der Waals surface area contributed by atoms with E-state index in [0.717, 1.165) is 11.4 Å². The molecule has 2 aromatic carbocycles. The molecule has 0 aliphatic carbocycles. The van der Waals surface area contributed by atoms with Gasteiger partial charge in [0, 0.05) is 0 Å². The van der Waals surface area contributed by atoms with Crippen LogP contribution in [0.2, 0.25) is 0 Å². The van der Waals surface area contributed by atoms with Crippen molar-refractivity contribution in [1.29, 1.82) is 0 Å². The van der Waals surface area contributed by atoms with E-state index in [4.69, 9.17) is 35.5 Å². The second-order valence-corrected chi connectivity index (χ2v) is 9.56. The van der Waals surface area contributed by atoms with Crippen molar-refractivity contribution in [2.75, 3.05) is 0 Å². The third-order valence-corrected chi connectivity index (χ3v) is 4.58. The minimum absolute atomic E-state index is 0.0340. The van der Waals surface area contributed by atoms with Gasteiger partial charge in [-0.1, -0.05) is 49.2 Å². The number of nitrogens with zero attached hydrogens (tertiary/aromatic N) is 3. The molecule has 6 heteroatoms. The summed E-state index contributed by atoms with van der Waals surface area (Å²) in [7, 11) is 9.53. The molecule has 2 rings (SSSR count). The molecule has 0 bridgehead atoms. The van der Waals surface area contributed by atoms with E-state index < -0.39 is 0 Å². The fourth-order valence-electron chi connectivity index (χ4n) is 3.56. The van der Waals surface area contributed by atoms with Crippen molar-refractivity contribution in [2.45, 2.75) is 67.5 Å². The minimum atomic E-state index is 0.0340. The average molecular weight is 489 g/mol. The SMILES string of the molecule is Cc1cc(C)c(N=CC(C)[N-]C(C)C=Nc2c(C)cc(C)cc2C)c(C)c1.[Cl][Fe+][Cl]. The zero-order valence-electron chi connectivity index (χ0n) is 19.1. The molecule has 3 nitrogen and oxygen atoms in total. The molecular weight excluding hydrogens is 457 g/mol. The van der Waals surface area contributed by atoms with Gasteiger partial charge in [-0.05, 0) is 76.2 Å². The van der Waals surface area contributed by atoms with Crippen LogP contribution in [0.5, 0.6) is 0 Å². The molecule has 2 atom stereocenters. The molecule has 0 radical (unpaired) electrons. The van der Waals surface area contributed by atoms with Crippen molar-refractivity contribution in [3.63, 3.8) is 0 Å². The molecule has 0 amide bonds. The molecule has 0 aliphatic rings. The first-order valence-corrected chi connectivity index (χ1v) is 12.9. The van der Waals surface area contributed by atoms with Crippen molar-refractivity contribution in [3.8, 4) is 0 Å². The van der Waals surface area contributed by atoms with E-state index in [9.17, 15) is 0 Å². The number of benzene rings is 2. The second-order valence-electron chi connectivity index (χ2n) is 7.73. The molecule has 165 valence electrons. The Balaban J connectivity index is 0.00000141. The van der Waals surface area contributed by atoms with Crippen LogP contribution in [-0.2, 0) is 13.1 Å². The van der Waals surface area contributed by atoms with Crippen molar-refractivity contribution in [1.82, 2.24) is 0 Å². The summed E-state index contributed by atoms with van der Waals surface area (Å²) in [5, 5.41) is 4.76. The maximum absolute atomic E-state index is 4.76. The van der Waals surface area contributed by atoms with Crippen molar-refractivity contribution >= 4 is 44.0 Å². The molecule has 30 heavy (non-hydrogen) atoms. The van der Waals surface area contributed by atoms with Gasteiger partial charge in [0.1, 0.15) is 0 Å². The Hall–Kier alpha value is -1.16. The predicted octanol–water partition coefficient (Wildman–Crippen LogP) is 8.17. The van der Waals surface area contributed by atoms with E-state index in [2.05, 4.69) is 79.7 Å². The van der Waals surface area contributed by atoms with E-state index in [1.165, 1.54) is 33.4 Å². The third kappa shape index (κ3) is 8.91. The summed E-state index contributed by atoms with van der Waals surface area (Å²) in [4.78, 5) is 9.38. The molecule has 2 aromatic rings. The number of hydrogen-bond donors (Lipinski definition) is 0. The summed E-state index contributed by atoms with van der Waals surface area (Å²) in [5.74, 6) is 0. The molecular formula is C24H32Cl2FeN3. The van der Waals surface area contributed by atoms with E-state index in [1.807, 2.05) is 12.4 Å². The van der Waals surface area contributed by atoms with Gasteiger partial charge in [0.05, 0.1) is 11.4 Å². The third-order valence-electron chi connectivity index (χ3n) is 4.58. The number of aryl methyl sites for hydroxylation is 6. The Kier molecular flexibility index (Phi) is 11.9. The standard InChI is InChI=1S/C24H32N3.2ClH.Fe/c1-15-9-17(3)23(18(4)10-15)25-13-21(7)27-22(8)14-26-24-19(5)11-16(2)12-20(24)6;;;/h9-14,21-22H,1-8H3;2*1H;/q-1;;;+3/p-2. The molecule has 0 saturated heterocycles. The van der Waals surface area contributed by atoms with Gasteiger partial charge < -0.3 is 5.32 Å².